The molecule has 1 amide bonds. The number of benzene rings is 2. The van der Waals surface area contributed by atoms with E-state index in [1.165, 1.54) is 0 Å². The van der Waals surface area contributed by atoms with Crippen LogP contribution in [0.5, 0.6) is 11.5 Å². The van der Waals surface area contributed by atoms with Gasteiger partial charge in [0.2, 0.25) is 12.7 Å². The van der Waals surface area contributed by atoms with Crippen LogP contribution in [0.2, 0.25) is 0 Å². The highest BCUT2D eigenvalue weighted by molar-refractivity contribution is 5.82. The summed E-state index contributed by atoms with van der Waals surface area (Å²) in [6, 6.07) is 16.3. The summed E-state index contributed by atoms with van der Waals surface area (Å²) in [6.07, 6.45) is 2.20. The lowest BCUT2D eigenvalue weighted by Gasteiger charge is -2.49. The lowest BCUT2D eigenvalue weighted by atomic mass is 9.83. The van der Waals surface area contributed by atoms with Crippen molar-refractivity contribution in [1.82, 2.24) is 10.3 Å². The highest BCUT2D eigenvalue weighted by atomic mass is 16.7. The topological polar surface area (TPSA) is 110 Å². The summed E-state index contributed by atoms with van der Waals surface area (Å²) in [5.41, 5.74) is 2.75. The van der Waals surface area contributed by atoms with Crippen molar-refractivity contribution in [2.45, 2.75) is 19.0 Å². The molecule has 10 heteroatoms. The molecule has 1 saturated heterocycles. The lowest BCUT2D eigenvalue weighted by molar-refractivity contribution is -0.384. The predicted octanol–water partition coefficient (Wildman–Crippen LogP) is 2.90. The molecule has 3 aliphatic heterocycles. The molecule has 6 rings (SSSR count). The van der Waals surface area contributed by atoms with Crippen molar-refractivity contribution in [3.8, 4) is 11.5 Å². The molecular formula is C26H25N5O5. The first kappa shape index (κ1) is 22.1. The summed E-state index contributed by atoms with van der Waals surface area (Å²) in [4.78, 5) is 33.5. The number of nitrogens with one attached hydrogen (secondary N) is 1. The van der Waals surface area contributed by atoms with Gasteiger partial charge in [0.1, 0.15) is 5.82 Å². The van der Waals surface area contributed by atoms with Crippen LogP contribution in [0.3, 0.4) is 0 Å². The van der Waals surface area contributed by atoms with Gasteiger partial charge >= 0.3 is 0 Å². The second-order valence-electron chi connectivity index (χ2n) is 9.18. The summed E-state index contributed by atoms with van der Waals surface area (Å²) in [5, 5.41) is 14.5. The minimum absolute atomic E-state index is 0.0406. The number of hydrogen-bond donors (Lipinski definition) is 1. The molecule has 36 heavy (non-hydrogen) atoms. The molecule has 1 aromatic heterocycles. The summed E-state index contributed by atoms with van der Waals surface area (Å²) < 4.78 is 10.8. The minimum atomic E-state index is -0.389. The number of fused-ring (bicyclic) bond motifs is 4. The van der Waals surface area contributed by atoms with Gasteiger partial charge in [-0.15, -0.1) is 0 Å². The quantitative estimate of drug-likeness (QED) is 0.432. The van der Waals surface area contributed by atoms with E-state index in [2.05, 4.69) is 20.1 Å². The molecule has 3 aliphatic rings. The Labute approximate surface area is 207 Å². The van der Waals surface area contributed by atoms with E-state index in [4.69, 9.17) is 9.47 Å². The maximum atomic E-state index is 13.6. The Hall–Kier alpha value is -4.34. The fraction of sp³-hybridized carbons (Fsp3) is 0.308. The van der Waals surface area contributed by atoms with Gasteiger partial charge in [-0.3, -0.25) is 14.9 Å². The van der Waals surface area contributed by atoms with Crippen LogP contribution < -0.4 is 24.6 Å². The molecule has 0 radical (unpaired) electrons. The van der Waals surface area contributed by atoms with Crippen molar-refractivity contribution in [2.24, 2.45) is 5.92 Å². The van der Waals surface area contributed by atoms with Crippen molar-refractivity contribution in [3.05, 3.63) is 82.0 Å². The van der Waals surface area contributed by atoms with Gasteiger partial charge < -0.3 is 24.6 Å². The predicted molar refractivity (Wildman–Crippen MR) is 132 cm³/mol. The number of anilines is 2. The van der Waals surface area contributed by atoms with Gasteiger partial charge in [-0.2, -0.15) is 0 Å². The van der Waals surface area contributed by atoms with Crippen LogP contribution in [-0.4, -0.2) is 48.3 Å². The van der Waals surface area contributed by atoms with Gasteiger partial charge in [-0.25, -0.2) is 4.98 Å². The van der Waals surface area contributed by atoms with Crippen molar-refractivity contribution in [3.63, 3.8) is 0 Å². The number of amides is 1. The number of rotatable bonds is 5. The van der Waals surface area contributed by atoms with Gasteiger partial charge in [-0.1, -0.05) is 12.1 Å². The first-order chi connectivity index (χ1) is 17.6. The third kappa shape index (κ3) is 4.04. The van der Waals surface area contributed by atoms with Crippen LogP contribution in [0, 0.1) is 16.0 Å². The van der Waals surface area contributed by atoms with E-state index in [0.29, 0.717) is 37.6 Å². The maximum absolute atomic E-state index is 13.6. The van der Waals surface area contributed by atoms with Gasteiger partial charge in [-0.05, 0) is 47.9 Å². The number of nitrogens with zero attached hydrogens (tertiary/aromatic N) is 4. The molecule has 0 saturated carbocycles. The van der Waals surface area contributed by atoms with Crippen LogP contribution in [-0.2, 0) is 17.8 Å². The van der Waals surface area contributed by atoms with E-state index in [1.807, 2.05) is 42.5 Å². The Morgan fingerprint density at radius 3 is 2.83 bits per heavy atom. The van der Waals surface area contributed by atoms with Gasteiger partial charge in [0.15, 0.2) is 11.5 Å². The first-order valence-electron chi connectivity index (χ1n) is 11.9. The number of carbonyl (C=O) groups is 1. The third-order valence-corrected chi connectivity index (χ3v) is 7.12. The summed E-state index contributed by atoms with van der Waals surface area (Å²) in [5.74, 6) is 1.79. The van der Waals surface area contributed by atoms with Crippen molar-refractivity contribution >= 4 is 23.1 Å². The fourth-order valence-electron chi connectivity index (χ4n) is 5.34. The Balaban J connectivity index is 1.26. The molecule has 184 valence electrons. The zero-order valence-electron chi connectivity index (χ0n) is 19.5. The van der Waals surface area contributed by atoms with Crippen molar-refractivity contribution in [2.75, 3.05) is 36.2 Å². The number of non-ortho nitro benzene ring substituents is 1. The molecule has 2 unspecified atom stereocenters. The normalized spacial score (nSPS) is 19.9. The molecule has 4 heterocycles. The standard InChI is InChI=1S/C26H25N5O5/c32-26(28-14-17-4-7-23-24(11-17)36-16-35-23)20-13-18-12-19(31(33)34)5-6-21(18)30-10-9-29(15-22(20)30)25-3-1-2-8-27-25/h1-8,11-12,20,22H,9-10,13-16H2,(H,28,32). The molecular weight excluding hydrogens is 462 g/mol. The molecule has 0 bridgehead atoms. The highest BCUT2D eigenvalue weighted by Crippen LogP contribution is 2.38. The number of carbonyl (C=O) groups excluding carboxylic acids is 1. The Morgan fingerprint density at radius 2 is 2.00 bits per heavy atom. The summed E-state index contributed by atoms with van der Waals surface area (Å²) in [6.45, 7) is 2.62. The maximum Gasteiger partial charge on any atom is 0.269 e. The van der Waals surface area contributed by atoms with Crippen LogP contribution in [0.15, 0.2) is 60.8 Å². The first-order valence-corrected chi connectivity index (χ1v) is 11.9. The third-order valence-electron chi connectivity index (χ3n) is 7.12. The van der Waals surface area contributed by atoms with E-state index < -0.39 is 0 Å². The number of nitro groups is 1. The molecule has 2 atom stereocenters. The minimum Gasteiger partial charge on any atom is -0.454 e. The van der Waals surface area contributed by atoms with Crippen molar-refractivity contribution < 1.29 is 19.2 Å². The number of ether oxygens (including phenoxy) is 2. The van der Waals surface area contributed by atoms with Crippen LogP contribution in [0.4, 0.5) is 17.2 Å². The van der Waals surface area contributed by atoms with Crippen LogP contribution in [0.25, 0.3) is 0 Å². The zero-order chi connectivity index (χ0) is 24.6. The van der Waals surface area contributed by atoms with E-state index in [9.17, 15) is 14.9 Å². The molecule has 10 nitrogen and oxygen atoms in total. The van der Waals surface area contributed by atoms with Gasteiger partial charge in [0.25, 0.3) is 5.69 Å². The number of hydrogen-bond acceptors (Lipinski definition) is 8. The highest BCUT2D eigenvalue weighted by Gasteiger charge is 2.42. The smallest absolute Gasteiger partial charge is 0.269 e. The second kappa shape index (κ2) is 9.03. The largest absolute Gasteiger partial charge is 0.454 e. The lowest BCUT2D eigenvalue weighted by Crippen LogP contribution is -2.61. The van der Waals surface area contributed by atoms with Gasteiger partial charge in [0.05, 0.1) is 16.9 Å². The van der Waals surface area contributed by atoms with E-state index >= 15 is 0 Å². The van der Waals surface area contributed by atoms with E-state index in [0.717, 1.165) is 29.2 Å². The number of pyridine rings is 1. The summed E-state index contributed by atoms with van der Waals surface area (Å²) >= 11 is 0. The molecule has 1 N–H and O–H groups in total. The molecule has 0 spiro atoms. The van der Waals surface area contributed by atoms with E-state index in [1.54, 1.807) is 18.3 Å². The SMILES string of the molecule is O=C(NCc1ccc2c(c1)OCO2)C1Cc2cc([N+](=O)[O-])ccc2N2CCN(c3ccccn3)CC12. The number of nitro benzene ring substituents is 1. The number of piperazine rings is 1. The zero-order valence-corrected chi connectivity index (χ0v) is 19.5. The Kier molecular flexibility index (Phi) is 5.55. The summed E-state index contributed by atoms with van der Waals surface area (Å²) in [7, 11) is 0. The average molecular weight is 488 g/mol. The molecule has 3 aromatic rings. The monoisotopic (exact) mass is 487 g/mol. The van der Waals surface area contributed by atoms with Crippen LogP contribution in [0.1, 0.15) is 11.1 Å². The van der Waals surface area contributed by atoms with Crippen molar-refractivity contribution in [1.29, 1.82) is 0 Å². The number of aromatic nitrogens is 1. The van der Waals surface area contributed by atoms with Crippen LogP contribution >= 0.6 is 0 Å². The molecule has 0 aliphatic carbocycles. The average Bonchev–Trinajstić information content (AvgIpc) is 3.39. The molecule has 1 fully saturated rings. The molecule has 2 aromatic carbocycles. The van der Waals surface area contributed by atoms with E-state index in [-0.39, 0.29) is 35.3 Å². The Morgan fingerprint density at radius 1 is 1.11 bits per heavy atom. The van der Waals surface area contributed by atoms with Gasteiger partial charge in [0, 0.05) is 50.2 Å². The Bertz CT molecular complexity index is 1320. The fourth-order valence-corrected chi connectivity index (χ4v) is 5.34. The second-order valence-corrected chi connectivity index (χ2v) is 9.18.